The average molecular weight is 290 g/mol. The van der Waals surface area contributed by atoms with E-state index in [-0.39, 0.29) is 18.8 Å². The highest BCUT2D eigenvalue weighted by atomic mass is 16.5. The number of nitrogens with one attached hydrogen (secondary N) is 1. The van der Waals surface area contributed by atoms with E-state index >= 15 is 0 Å². The molecule has 0 spiro atoms. The van der Waals surface area contributed by atoms with Crippen LogP contribution in [0.3, 0.4) is 0 Å². The lowest BCUT2D eigenvalue weighted by molar-refractivity contribution is -0.135. The Labute approximate surface area is 119 Å². The Balaban J connectivity index is 1.72. The molecular weight excluding hydrogens is 276 g/mol. The average Bonchev–Trinajstić information content (AvgIpc) is 3.11. The van der Waals surface area contributed by atoms with Gasteiger partial charge in [0.1, 0.15) is 18.5 Å². The highest BCUT2D eigenvalue weighted by Crippen LogP contribution is 2.28. The number of imidazole rings is 1. The standard InChI is InChI=1S/C12H14N6O3/c13-11-10-12(15-5-14-11)18(6-16-10)7-1-2-8(3-7)21-4-9(19)17-20/h1-2,5-8,20H,3-4H2,(H,17,19)(H2,13,14,15)/t7-,8+/m1/s1. The molecule has 0 unspecified atom stereocenters. The highest BCUT2D eigenvalue weighted by Gasteiger charge is 2.23. The Morgan fingerprint density at radius 2 is 2.33 bits per heavy atom. The summed E-state index contributed by atoms with van der Waals surface area (Å²) < 4.78 is 7.26. The highest BCUT2D eigenvalue weighted by molar-refractivity contribution is 5.81. The summed E-state index contributed by atoms with van der Waals surface area (Å²) in [5, 5.41) is 8.42. The second kappa shape index (κ2) is 5.46. The lowest BCUT2D eigenvalue weighted by Gasteiger charge is -2.14. The molecule has 2 aromatic heterocycles. The lowest BCUT2D eigenvalue weighted by Crippen LogP contribution is -2.26. The minimum absolute atomic E-state index is 0.0199. The number of hydrogen-bond acceptors (Lipinski definition) is 7. The van der Waals surface area contributed by atoms with Gasteiger partial charge in [0, 0.05) is 6.42 Å². The Hall–Kier alpha value is -2.52. The fourth-order valence-corrected chi connectivity index (χ4v) is 2.30. The zero-order valence-electron chi connectivity index (χ0n) is 11.0. The quantitative estimate of drug-likeness (QED) is 0.404. The Morgan fingerprint density at radius 1 is 1.48 bits per heavy atom. The molecule has 9 heteroatoms. The second-order valence-corrected chi connectivity index (χ2v) is 4.66. The first-order valence-corrected chi connectivity index (χ1v) is 6.35. The van der Waals surface area contributed by atoms with Crippen molar-refractivity contribution in [3.8, 4) is 0 Å². The number of nitrogen functional groups attached to an aromatic ring is 1. The van der Waals surface area contributed by atoms with Gasteiger partial charge in [-0.15, -0.1) is 0 Å². The SMILES string of the molecule is Nc1ncnc2c1ncn2[C@@H]1C=C[C@H](OCC(=O)NO)C1. The number of hydroxylamine groups is 1. The fourth-order valence-electron chi connectivity index (χ4n) is 2.30. The number of hydrogen-bond donors (Lipinski definition) is 3. The van der Waals surface area contributed by atoms with Crippen molar-refractivity contribution in [3.05, 3.63) is 24.8 Å². The van der Waals surface area contributed by atoms with Crippen LogP contribution < -0.4 is 11.2 Å². The van der Waals surface area contributed by atoms with Crippen LogP contribution in [-0.4, -0.2) is 43.3 Å². The van der Waals surface area contributed by atoms with E-state index < -0.39 is 5.91 Å². The Morgan fingerprint density at radius 3 is 3.14 bits per heavy atom. The van der Waals surface area contributed by atoms with E-state index in [4.69, 9.17) is 15.7 Å². The molecule has 2 heterocycles. The summed E-state index contributed by atoms with van der Waals surface area (Å²) in [5.74, 6) is -0.242. The maximum Gasteiger partial charge on any atom is 0.269 e. The molecule has 0 saturated heterocycles. The maximum absolute atomic E-state index is 10.9. The Kier molecular flexibility index (Phi) is 3.50. The van der Waals surface area contributed by atoms with Gasteiger partial charge in [0.05, 0.1) is 18.5 Å². The number of fused-ring (bicyclic) bond motifs is 1. The van der Waals surface area contributed by atoms with Crippen molar-refractivity contribution >= 4 is 22.9 Å². The van der Waals surface area contributed by atoms with Crippen molar-refractivity contribution in [3.63, 3.8) is 0 Å². The van der Waals surface area contributed by atoms with Crippen LogP contribution in [0.15, 0.2) is 24.8 Å². The molecule has 110 valence electrons. The topological polar surface area (TPSA) is 128 Å². The molecule has 0 bridgehead atoms. The van der Waals surface area contributed by atoms with E-state index in [1.54, 1.807) is 6.33 Å². The molecule has 1 amide bonds. The van der Waals surface area contributed by atoms with Crippen molar-refractivity contribution in [2.45, 2.75) is 18.6 Å². The first-order valence-electron chi connectivity index (χ1n) is 6.35. The molecule has 4 N–H and O–H groups in total. The van der Waals surface area contributed by atoms with Crippen molar-refractivity contribution < 1.29 is 14.7 Å². The monoisotopic (exact) mass is 290 g/mol. The third kappa shape index (κ3) is 2.56. The molecular formula is C12H14N6O3. The summed E-state index contributed by atoms with van der Waals surface area (Å²) in [4.78, 5) is 23.2. The number of allylic oxidation sites excluding steroid dienone is 1. The molecule has 0 aliphatic heterocycles. The summed E-state index contributed by atoms with van der Waals surface area (Å²) >= 11 is 0. The summed E-state index contributed by atoms with van der Waals surface area (Å²) in [6.45, 7) is -0.196. The van der Waals surface area contributed by atoms with Gasteiger partial charge in [-0.3, -0.25) is 10.0 Å². The summed E-state index contributed by atoms with van der Waals surface area (Å²) in [7, 11) is 0. The van der Waals surface area contributed by atoms with Crippen molar-refractivity contribution in [1.29, 1.82) is 0 Å². The number of carbonyl (C=O) groups excluding carboxylic acids is 1. The van der Waals surface area contributed by atoms with E-state index in [0.29, 0.717) is 23.4 Å². The third-order valence-corrected chi connectivity index (χ3v) is 3.32. The zero-order valence-corrected chi connectivity index (χ0v) is 11.0. The van der Waals surface area contributed by atoms with Gasteiger partial charge in [-0.25, -0.2) is 20.4 Å². The first kappa shape index (κ1) is 13.5. The van der Waals surface area contributed by atoms with Crippen LogP contribution in [0.4, 0.5) is 5.82 Å². The van der Waals surface area contributed by atoms with E-state index in [2.05, 4.69) is 15.0 Å². The van der Waals surface area contributed by atoms with Crippen molar-refractivity contribution in [1.82, 2.24) is 25.0 Å². The van der Waals surface area contributed by atoms with Crippen LogP contribution in [-0.2, 0) is 9.53 Å². The number of carbonyl (C=O) groups is 1. The summed E-state index contributed by atoms with van der Waals surface area (Å²) in [5.41, 5.74) is 8.50. The van der Waals surface area contributed by atoms with Crippen molar-refractivity contribution in [2.24, 2.45) is 0 Å². The van der Waals surface area contributed by atoms with Gasteiger partial charge in [-0.1, -0.05) is 12.2 Å². The van der Waals surface area contributed by atoms with Gasteiger partial charge in [0.15, 0.2) is 11.5 Å². The molecule has 2 atom stereocenters. The van der Waals surface area contributed by atoms with Gasteiger partial charge < -0.3 is 15.0 Å². The number of aromatic nitrogens is 4. The van der Waals surface area contributed by atoms with Crippen LogP contribution in [0.25, 0.3) is 11.2 Å². The fraction of sp³-hybridized carbons (Fsp3) is 0.333. The van der Waals surface area contributed by atoms with Gasteiger partial charge in [-0.2, -0.15) is 0 Å². The van der Waals surface area contributed by atoms with Crippen LogP contribution in [0.2, 0.25) is 0 Å². The molecule has 0 radical (unpaired) electrons. The lowest BCUT2D eigenvalue weighted by atomic mass is 10.2. The molecule has 9 nitrogen and oxygen atoms in total. The minimum Gasteiger partial charge on any atom is -0.382 e. The molecule has 2 aromatic rings. The predicted octanol–water partition coefficient (Wildman–Crippen LogP) is -0.200. The predicted molar refractivity (Wildman–Crippen MR) is 72.2 cm³/mol. The second-order valence-electron chi connectivity index (χ2n) is 4.66. The number of ether oxygens (including phenoxy) is 1. The largest absolute Gasteiger partial charge is 0.382 e. The molecule has 21 heavy (non-hydrogen) atoms. The third-order valence-electron chi connectivity index (χ3n) is 3.32. The molecule has 0 saturated carbocycles. The molecule has 3 rings (SSSR count). The van der Waals surface area contributed by atoms with Gasteiger partial charge in [-0.05, 0) is 0 Å². The van der Waals surface area contributed by atoms with Crippen LogP contribution in [0.1, 0.15) is 12.5 Å². The number of amides is 1. The van der Waals surface area contributed by atoms with Crippen molar-refractivity contribution in [2.75, 3.05) is 12.3 Å². The summed E-state index contributed by atoms with van der Waals surface area (Å²) in [6.07, 6.45) is 7.33. The van der Waals surface area contributed by atoms with Gasteiger partial charge in [0.25, 0.3) is 5.91 Å². The normalized spacial score (nSPS) is 21.0. The Bertz CT molecular complexity index is 697. The number of anilines is 1. The van der Waals surface area contributed by atoms with Gasteiger partial charge >= 0.3 is 0 Å². The number of rotatable bonds is 4. The number of nitrogens with zero attached hydrogens (tertiary/aromatic N) is 4. The first-order chi connectivity index (χ1) is 10.2. The van der Waals surface area contributed by atoms with E-state index in [1.807, 2.05) is 16.7 Å². The van der Waals surface area contributed by atoms with E-state index in [0.717, 1.165) is 0 Å². The molecule has 0 aromatic carbocycles. The smallest absolute Gasteiger partial charge is 0.269 e. The van der Waals surface area contributed by atoms with E-state index in [1.165, 1.54) is 11.8 Å². The van der Waals surface area contributed by atoms with Crippen LogP contribution in [0.5, 0.6) is 0 Å². The maximum atomic E-state index is 10.9. The molecule has 1 aliphatic carbocycles. The number of nitrogens with two attached hydrogens (primary N) is 1. The van der Waals surface area contributed by atoms with Crippen LogP contribution in [0, 0.1) is 0 Å². The minimum atomic E-state index is -0.583. The molecule has 0 fully saturated rings. The van der Waals surface area contributed by atoms with Crippen LogP contribution >= 0.6 is 0 Å². The van der Waals surface area contributed by atoms with Gasteiger partial charge in [0.2, 0.25) is 0 Å². The molecule has 1 aliphatic rings. The van der Waals surface area contributed by atoms with E-state index in [9.17, 15) is 4.79 Å². The summed E-state index contributed by atoms with van der Waals surface area (Å²) in [6, 6.07) is 0.0199. The zero-order chi connectivity index (χ0) is 14.8.